The first kappa shape index (κ1) is 16.8. The fraction of sp³-hybridized carbons (Fsp3) is 0.556. The van der Waals surface area contributed by atoms with E-state index in [0.29, 0.717) is 17.6 Å². The van der Waals surface area contributed by atoms with E-state index in [0.717, 1.165) is 43.5 Å². The van der Waals surface area contributed by atoms with Gasteiger partial charge < -0.3 is 15.4 Å². The van der Waals surface area contributed by atoms with Gasteiger partial charge in [0.15, 0.2) is 5.82 Å². The van der Waals surface area contributed by atoms with Crippen LogP contribution in [-0.4, -0.2) is 37.9 Å². The van der Waals surface area contributed by atoms with Crippen LogP contribution in [0.2, 0.25) is 0 Å². The molecule has 0 saturated heterocycles. The van der Waals surface area contributed by atoms with E-state index in [9.17, 15) is 4.79 Å². The third-order valence-electron chi connectivity index (χ3n) is 5.11. The SMILES string of the molecule is Cc1cncc(Nc2cc([C@H]3CC[C@@H](OC(=O)NC4(C)CC4)C3)[nH]n2)n1. The largest absolute Gasteiger partial charge is 0.446 e. The lowest BCUT2D eigenvalue weighted by Crippen LogP contribution is -2.36. The maximum absolute atomic E-state index is 12.0. The number of aryl methyl sites for hydroxylation is 1. The van der Waals surface area contributed by atoms with Crippen molar-refractivity contribution in [2.45, 2.75) is 63.5 Å². The first-order valence-electron chi connectivity index (χ1n) is 9.09. The number of aromatic amines is 1. The number of H-pyrrole nitrogens is 1. The van der Waals surface area contributed by atoms with E-state index in [1.54, 1.807) is 12.4 Å². The second-order valence-electron chi connectivity index (χ2n) is 7.60. The summed E-state index contributed by atoms with van der Waals surface area (Å²) in [5, 5.41) is 13.5. The summed E-state index contributed by atoms with van der Waals surface area (Å²) in [4.78, 5) is 20.4. The number of aromatic nitrogens is 4. The number of rotatable bonds is 5. The lowest BCUT2D eigenvalue weighted by molar-refractivity contribution is 0.0967. The van der Waals surface area contributed by atoms with E-state index in [2.05, 4.69) is 30.8 Å². The van der Waals surface area contributed by atoms with Crippen LogP contribution in [0.5, 0.6) is 0 Å². The maximum atomic E-state index is 12.0. The van der Waals surface area contributed by atoms with Crippen molar-refractivity contribution < 1.29 is 9.53 Å². The zero-order valence-electron chi connectivity index (χ0n) is 15.1. The van der Waals surface area contributed by atoms with Crippen LogP contribution >= 0.6 is 0 Å². The van der Waals surface area contributed by atoms with Crippen LogP contribution in [0.15, 0.2) is 18.5 Å². The Morgan fingerprint density at radius 3 is 2.92 bits per heavy atom. The number of hydrogen-bond acceptors (Lipinski definition) is 6. The van der Waals surface area contributed by atoms with E-state index in [1.807, 2.05) is 19.9 Å². The summed E-state index contributed by atoms with van der Waals surface area (Å²) in [6, 6.07) is 1.99. The Hall–Kier alpha value is -2.64. The molecule has 2 aromatic rings. The number of carbonyl (C=O) groups is 1. The summed E-state index contributed by atoms with van der Waals surface area (Å²) in [5.74, 6) is 1.69. The Morgan fingerprint density at radius 1 is 1.31 bits per heavy atom. The third kappa shape index (κ3) is 3.95. The molecule has 0 spiro atoms. The number of hydrogen-bond donors (Lipinski definition) is 3. The van der Waals surface area contributed by atoms with Gasteiger partial charge in [-0.25, -0.2) is 9.78 Å². The van der Waals surface area contributed by atoms with Crippen LogP contribution in [0.1, 0.15) is 56.3 Å². The number of ether oxygens (including phenoxy) is 1. The molecule has 4 rings (SSSR count). The Balaban J connectivity index is 1.31. The zero-order chi connectivity index (χ0) is 18.1. The van der Waals surface area contributed by atoms with Gasteiger partial charge in [0.1, 0.15) is 11.9 Å². The van der Waals surface area contributed by atoms with Crippen LogP contribution in [0.25, 0.3) is 0 Å². The van der Waals surface area contributed by atoms with Gasteiger partial charge in [0.25, 0.3) is 0 Å². The smallest absolute Gasteiger partial charge is 0.407 e. The highest BCUT2D eigenvalue weighted by atomic mass is 16.6. The van der Waals surface area contributed by atoms with Gasteiger partial charge in [-0.2, -0.15) is 5.10 Å². The number of anilines is 2. The van der Waals surface area contributed by atoms with Gasteiger partial charge in [-0.15, -0.1) is 0 Å². The molecule has 1 amide bonds. The van der Waals surface area contributed by atoms with Crippen molar-refractivity contribution in [3.05, 3.63) is 29.8 Å². The van der Waals surface area contributed by atoms with Gasteiger partial charge in [-0.1, -0.05) is 0 Å². The van der Waals surface area contributed by atoms with Crippen molar-refractivity contribution in [2.24, 2.45) is 0 Å². The molecule has 26 heavy (non-hydrogen) atoms. The molecular formula is C18H24N6O2. The molecule has 0 unspecified atom stereocenters. The lowest BCUT2D eigenvalue weighted by atomic mass is 10.0. The molecule has 2 saturated carbocycles. The molecule has 2 aliphatic rings. The van der Waals surface area contributed by atoms with E-state index >= 15 is 0 Å². The quantitative estimate of drug-likeness (QED) is 0.760. The fourth-order valence-electron chi connectivity index (χ4n) is 3.33. The number of amides is 1. The Labute approximate surface area is 152 Å². The molecule has 2 aliphatic carbocycles. The lowest BCUT2D eigenvalue weighted by Gasteiger charge is -2.16. The Morgan fingerprint density at radius 2 is 2.15 bits per heavy atom. The van der Waals surface area contributed by atoms with Crippen molar-refractivity contribution >= 4 is 17.7 Å². The number of nitrogens with one attached hydrogen (secondary N) is 3. The minimum absolute atomic E-state index is 0.0373. The molecule has 0 aliphatic heterocycles. The molecule has 2 atom stereocenters. The molecule has 8 heteroatoms. The van der Waals surface area contributed by atoms with E-state index in [4.69, 9.17) is 4.74 Å². The minimum Gasteiger partial charge on any atom is -0.446 e. The first-order valence-corrected chi connectivity index (χ1v) is 9.09. The number of nitrogens with zero attached hydrogens (tertiary/aromatic N) is 3. The molecule has 2 aromatic heterocycles. The maximum Gasteiger partial charge on any atom is 0.407 e. The highest BCUT2D eigenvalue weighted by molar-refractivity contribution is 5.69. The molecule has 8 nitrogen and oxygen atoms in total. The highest BCUT2D eigenvalue weighted by Crippen LogP contribution is 2.37. The average molecular weight is 356 g/mol. The van der Waals surface area contributed by atoms with Crippen LogP contribution in [-0.2, 0) is 4.74 Å². The van der Waals surface area contributed by atoms with E-state index in [-0.39, 0.29) is 17.7 Å². The van der Waals surface area contributed by atoms with E-state index < -0.39 is 0 Å². The third-order valence-corrected chi connectivity index (χ3v) is 5.11. The van der Waals surface area contributed by atoms with Gasteiger partial charge in [-0.05, 0) is 46.0 Å². The van der Waals surface area contributed by atoms with Crippen LogP contribution < -0.4 is 10.6 Å². The molecular weight excluding hydrogens is 332 g/mol. The summed E-state index contributed by atoms with van der Waals surface area (Å²) >= 11 is 0. The Kier molecular flexibility index (Phi) is 4.26. The normalized spacial score (nSPS) is 23.5. The first-order chi connectivity index (χ1) is 12.5. The van der Waals surface area contributed by atoms with Crippen molar-refractivity contribution in [3.8, 4) is 0 Å². The zero-order valence-corrected chi connectivity index (χ0v) is 15.1. The van der Waals surface area contributed by atoms with E-state index in [1.165, 1.54) is 0 Å². The van der Waals surface area contributed by atoms with Crippen molar-refractivity contribution in [1.29, 1.82) is 0 Å². The summed E-state index contributed by atoms with van der Waals surface area (Å²) < 4.78 is 5.58. The predicted octanol–water partition coefficient (Wildman–Crippen LogP) is 3.17. The molecule has 0 bridgehead atoms. The molecule has 0 radical (unpaired) electrons. The van der Waals surface area contributed by atoms with Crippen molar-refractivity contribution in [3.63, 3.8) is 0 Å². The fourth-order valence-corrected chi connectivity index (χ4v) is 3.33. The molecule has 0 aromatic carbocycles. The van der Waals surface area contributed by atoms with Gasteiger partial charge >= 0.3 is 6.09 Å². The molecule has 3 N–H and O–H groups in total. The average Bonchev–Trinajstić information content (AvgIpc) is 2.99. The van der Waals surface area contributed by atoms with Crippen LogP contribution in [0, 0.1) is 6.92 Å². The summed E-state index contributed by atoms with van der Waals surface area (Å²) in [5.41, 5.74) is 1.85. The highest BCUT2D eigenvalue weighted by Gasteiger charge is 2.40. The van der Waals surface area contributed by atoms with Crippen molar-refractivity contribution in [2.75, 3.05) is 5.32 Å². The summed E-state index contributed by atoms with van der Waals surface area (Å²) in [6.45, 7) is 3.94. The summed E-state index contributed by atoms with van der Waals surface area (Å²) in [6.07, 6.45) is 7.77. The predicted molar refractivity (Wildman–Crippen MR) is 96.3 cm³/mol. The number of carbonyl (C=O) groups excluding carboxylic acids is 1. The minimum atomic E-state index is -0.291. The summed E-state index contributed by atoms with van der Waals surface area (Å²) in [7, 11) is 0. The van der Waals surface area contributed by atoms with Gasteiger partial charge in [0.05, 0.1) is 11.9 Å². The van der Waals surface area contributed by atoms with Gasteiger partial charge in [-0.3, -0.25) is 10.1 Å². The molecule has 2 heterocycles. The topological polar surface area (TPSA) is 105 Å². The Bertz CT molecular complexity index is 800. The molecule has 2 fully saturated rings. The van der Waals surface area contributed by atoms with Crippen LogP contribution in [0.3, 0.4) is 0 Å². The van der Waals surface area contributed by atoms with Gasteiger partial charge in [0.2, 0.25) is 0 Å². The van der Waals surface area contributed by atoms with Gasteiger partial charge in [0, 0.05) is 29.4 Å². The van der Waals surface area contributed by atoms with Crippen molar-refractivity contribution in [1.82, 2.24) is 25.5 Å². The number of alkyl carbamates (subject to hydrolysis) is 1. The second-order valence-corrected chi connectivity index (χ2v) is 7.60. The van der Waals surface area contributed by atoms with Crippen LogP contribution in [0.4, 0.5) is 16.4 Å². The monoisotopic (exact) mass is 356 g/mol. The standard InChI is InChI=1S/C18H24N6O2/c1-11-9-19-10-16(20-11)21-15-8-14(23-24-15)12-3-4-13(7-12)26-17(25)22-18(2)5-6-18/h8-10,12-13H,3-7H2,1-2H3,(H,22,25)(H2,20,21,23,24)/t12-,13+/m0/s1. The molecule has 138 valence electrons. The second kappa shape index (κ2) is 6.59.